The molecule has 0 N–H and O–H groups in total. The molecule has 80 valence electrons. The van der Waals surface area contributed by atoms with E-state index in [1.165, 1.54) is 0 Å². The molecule has 4 heteroatoms. The number of carbonyl (C=O) groups excluding carboxylic acids is 1. The van der Waals surface area contributed by atoms with E-state index in [1.807, 2.05) is 30.3 Å². The highest BCUT2D eigenvalue weighted by molar-refractivity contribution is 5.83. The van der Waals surface area contributed by atoms with Crippen LogP contribution in [0.25, 0.3) is 11.3 Å². The summed E-state index contributed by atoms with van der Waals surface area (Å²) in [6.45, 7) is 4.18. The lowest BCUT2D eigenvalue weighted by atomic mass is 10.1. The number of aldehydes is 1. The molecule has 0 radical (unpaired) electrons. The molecule has 0 fully saturated rings. The van der Waals surface area contributed by atoms with Crippen molar-refractivity contribution in [3.8, 4) is 11.3 Å². The Kier molecular flexibility index (Phi) is 2.91. The SMILES string of the molecule is C=CCn1nnc(C=O)c1-c1ccccc1. The summed E-state index contributed by atoms with van der Waals surface area (Å²) in [5, 5.41) is 7.74. The lowest BCUT2D eigenvalue weighted by Crippen LogP contribution is -2.00. The molecule has 0 aliphatic rings. The topological polar surface area (TPSA) is 47.8 Å². The van der Waals surface area contributed by atoms with Gasteiger partial charge in [0.05, 0.1) is 12.2 Å². The molecular weight excluding hydrogens is 202 g/mol. The molecule has 2 aromatic rings. The molecule has 0 bridgehead atoms. The monoisotopic (exact) mass is 213 g/mol. The molecule has 1 aromatic carbocycles. The van der Waals surface area contributed by atoms with Crippen LogP contribution >= 0.6 is 0 Å². The first kappa shape index (κ1) is 10.3. The van der Waals surface area contributed by atoms with Gasteiger partial charge < -0.3 is 0 Å². The second-order valence-electron chi connectivity index (χ2n) is 3.28. The van der Waals surface area contributed by atoms with Crippen LogP contribution in [-0.2, 0) is 6.54 Å². The summed E-state index contributed by atoms with van der Waals surface area (Å²) in [7, 11) is 0. The third kappa shape index (κ3) is 1.77. The Bertz CT molecular complexity index is 502. The lowest BCUT2D eigenvalue weighted by molar-refractivity contribution is 0.111. The maximum absolute atomic E-state index is 10.9. The Labute approximate surface area is 93.2 Å². The number of rotatable bonds is 4. The number of allylic oxidation sites excluding steroid dienone is 1. The number of hydrogen-bond acceptors (Lipinski definition) is 3. The zero-order valence-corrected chi connectivity index (χ0v) is 8.71. The second-order valence-corrected chi connectivity index (χ2v) is 3.28. The molecule has 16 heavy (non-hydrogen) atoms. The average Bonchev–Trinajstić information content (AvgIpc) is 2.74. The van der Waals surface area contributed by atoms with Crippen molar-refractivity contribution in [1.82, 2.24) is 15.0 Å². The van der Waals surface area contributed by atoms with Crippen LogP contribution < -0.4 is 0 Å². The van der Waals surface area contributed by atoms with E-state index in [0.29, 0.717) is 12.2 Å². The fourth-order valence-corrected chi connectivity index (χ4v) is 1.55. The first-order valence-corrected chi connectivity index (χ1v) is 4.91. The van der Waals surface area contributed by atoms with E-state index >= 15 is 0 Å². The van der Waals surface area contributed by atoms with Gasteiger partial charge in [0.15, 0.2) is 12.0 Å². The van der Waals surface area contributed by atoms with Crippen LogP contribution in [0.4, 0.5) is 0 Å². The molecule has 4 nitrogen and oxygen atoms in total. The molecule has 0 spiro atoms. The predicted molar refractivity (Wildman–Crippen MR) is 61.0 cm³/mol. The largest absolute Gasteiger partial charge is 0.296 e. The van der Waals surface area contributed by atoms with Gasteiger partial charge in [-0.2, -0.15) is 0 Å². The number of nitrogens with zero attached hydrogens (tertiary/aromatic N) is 3. The summed E-state index contributed by atoms with van der Waals surface area (Å²) >= 11 is 0. The molecule has 0 aliphatic carbocycles. The van der Waals surface area contributed by atoms with Crippen LogP contribution in [0.5, 0.6) is 0 Å². The molecule has 0 unspecified atom stereocenters. The number of aromatic nitrogens is 3. The number of carbonyl (C=O) groups is 1. The Balaban J connectivity index is 2.56. The minimum absolute atomic E-state index is 0.355. The number of hydrogen-bond donors (Lipinski definition) is 0. The summed E-state index contributed by atoms with van der Waals surface area (Å²) in [5.41, 5.74) is 2.01. The van der Waals surface area contributed by atoms with Crippen molar-refractivity contribution in [3.05, 3.63) is 48.7 Å². The summed E-state index contributed by atoms with van der Waals surface area (Å²) in [6, 6.07) is 9.59. The minimum atomic E-state index is 0.355. The second kappa shape index (κ2) is 4.53. The lowest BCUT2D eigenvalue weighted by Gasteiger charge is -2.03. The van der Waals surface area contributed by atoms with Crippen molar-refractivity contribution in [2.75, 3.05) is 0 Å². The number of benzene rings is 1. The summed E-state index contributed by atoms with van der Waals surface area (Å²) < 4.78 is 1.66. The van der Waals surface area contributed by atoms with Crippen LogP contribution in [0, 0.1) is 0 Å². The highest BCUT2D eigenvalue weighted by Gasteiger charge is 2.12. The molecular formula is C12H11N3O. The third-order valence-corrected chi connectivity index (χ3v) is 2.22. The van der Waals surface area contributed by atoms with Crippen molar-refractivity contribution in [3.63, 3.8) is 0 Å². The maximum atomic E-state index is 10.9. The van der Waals surface area contributed by atoms with E-state index in [-0.39, 0.29) is 0 Å². The zero-order chi connectivity index (χ0) is 11.4. The maximum Gasteiger partial charge on any atom is 0.172 e. The first-order chi connectivity index (χ1) is 7.86. The quantitative estimate of drug-likeness (QED) is 0.576. The van der Waals surface area contributed by atoms with E-state index in [2.05, 4.69) is 16.9 Å². The summed E-state index contributed by atoms with van der Waals surface area (Å²) in [5.74, 6) is 0. The molecule has 1 heterocycles. The van der Waals surface area contributed by atoms with E-state index in [4.69, 9.17) is 0 Å². The van der Waals surface area contributed by atoms with Crippen molar-refractivity contribution in [2.24, 2.45) is 0 Å². The predicted octanol–water partition coefficient (Wildman–Crippen LogP) is 1.94. The van der Waals surface area contributed by atoms with Crippen LogP contribution in [0.3, 0.4) is 0 Å². The van der Waals surface area contributed by atoms with E-state index in [0.717, 1.165) is 17.5 Å². The smallest absolute Gasteiger partial charge is 0.172 e. The van der Waals surface area contributed by atoms with E-state index in [1.54, 1.807) is 10.8 Å². The molecule has 0 aliphatic heterocycles. The Morgan fingerprint density at radius 1 is 1.31 bits per heavy atom. The van der Waals surface area contributed by atoms with Gasteiger partial charge in [0, 0.05) is 5.56 Å². The van der Waals surface area contributed by atoms with Gasteiger partial charge in [-0.3, -0.25) is 4.79 Å². The highest BCUT2D eigenvalue weighted by atomic mass is 16.1. The molecule has 0 amide bonds. The third-order valence-electron chi connectivity index (χ3n) is 2.22. The van der Waals surface area contributed by atoms with E-state index in [9.17, 15) is 4.79 Å². The van der Waals surface area contributed by atoms with Crippen LogP contribution in [0.1, 0.15) is 10.5 Å². The van der Waals surface area contributed by atoms with Crippen molar-refractivity contribution >= 4 is 6.29 Å². The molecule has 1 aromatic heterocycles. The van der Waals surface area contributed by atoms with Gasteiger partial charge in [0.2, 0.25) is 0 Å². The normalized spacial score (nSPS) is 10.0. The van der Waals surface area contributed by atoms with Gasteiger partial charge in [0.1, 0.15) is 0 Å². The van der Waals surface area contributed by atoms with Crippen molar-refractivity contribution in [2.45, 2.75) is 6.54 Å². The van der Waals surface area contributed by atoms with Gasteiger partial charge in [-0.25, -0.2) is 4.68 Å². The highest BCUT2D eigenvalue weighted by Crippen LogP contribution is 2.20. The summed E-state index contributed by atoms with van der Waals surface area (Å²) in [4.78, 5) is 10.9. The molecule has 0 atom stereocenters. The fourth-order valence-electron chi connectivity index (χ4n) is 1.55. The fraction of sp³-hybridized carbons (Fsp3) is 0.0833. The average molecular weight is 213 g/mol. The van der Waals surface area contributed by atoms with Crippen molar-refractivity contribution in [1.29, 1.82) is 0 Å². The standard InChI is InChI=1S/C12H11N3O/c1-2-8-15-12(11(9-16)13-14-15)10-6-4-3-5-7-10/h2-7,9H,1,8H2. The molecule has 0 saturated carbocycles. The van der Waals surface area contributed by atoms with Crippen LogP contribution in [-0.4, -0.2) is 21.3 Å². The Hall–Kier alpha value is -2.23. The Morgan fingerprint density at radius 3 is 2.69 bits per heavy atom. The van der Waals surface area contributed by atoms with Crippen LogP contribution in [0.15, 0.2) is 43.0 Å². The zero-order valence-electron chi connectivity index (χ0n) is 8.71. The first-order valence-electron chi connectivity index (χ1n) is 4.91. The van der Waals surface area contributed by atoms with Crippen molar-refractivity contribution < 1.29 is 4.79 Å². The van der Waals surface area contributed by atoms with Gasteiger partial charge in [-0.15, -0.1) is 11.7 Å². The molecule has 0 saturated heterocycles. The summed E-state index contributed by atoms with van der Waals surface area (Å²) in [6.07, 6.45) is 2.44. The van der Waals surface area contributed by atoms with Gasteiger partial charge in [-0.1, -0.05) is 41.6 Å². The van der Waals surface area contributed by atoms with Gasteiger partial charge in [0.25, 0.3) is 0 Å². The Morgan fingerprint density at radius 2 is 2.06 bits per heavy atom. The molecule has 2 rings (SSSR count). The van der Waals surface area contributed by atoms with E-state index < -0.39 is 0 Å². The minimum Gasteiger partial charge on any atom is -0.296 e. The van der Waals surface area contributed by atoms with Gasteiger partial charge in [-0.05, 0) is 0 Å². The van der Waals surface area contributed by atoms with Gasteiger partial charge >= 0.3 is 0 Å². The van der Waals surface area contributed by atoms with Crippen LogP contribution in [0.2, 0.25) is 0 Å².